The van der Waals surface area contributed by atoms with Crippen LogP contribution in [0.15, 0.2) is 17.5 Å². The van der Waals surface area contributed by atoms with Gasteiger partial charge < -0.3 is 20.8 Å². The second kappa shape index (κ2) is 4.67. The first kappa shape index (κ1) is 12.4. The number of aromatic nitrogens is 2. The van der Waals surface area contributed by atoms with Crippen molar-refractivity contribution in [2.45, 2.75) is 19.3 Å². The SMILES string of the molecule is Cn1ccnc1CCNC(=O)C1(/C(N)=N/O)CC1. The fourth-order valence-electron chi connectivity index (χ4n) is 1.91. The van der Waals surface area contributed by atoms with Gasteiger partial charge in [0.1, 0.15) is 11.2 Å². The van der Waals surface area contributed by atoms with E-state index in [2.05, 4.69) is 15.5 Å². The van der Waals surface area contributed by atoms with Crippen LogP contribution in [0.4, 0.5) is 0 Å². The molecule has 98 valence electrons. The minimum absolute atomic E-state index is 0.00279. The van der Waals surface area contributed by atoms with Crippen LogP contribution in [0.2, 0.25) is 0 Å². The van der Waals surface area contributed by atoms with Crippen molar-refractivity contribution in [3.8, 4) is 0 Å². The number of nitrogens with two attached hydrogens (primary N) is 1. The molecule has 0 saturated heterocycles. The molecular formula is C11H17N5O2. The molecule has 0 aliphatic heterocycles. The minimum atomic E-state index is -0.781. The van der Waals surface area contributed by atoms with E-state index in [9.17, 15) is 4.79 Å². The molecule has 1 aliphatic rings. The molecule has 0 aromatic carbocycles. The van der Waals surface area contributed by atoms with Crippen molar-refractivity contribution < 1.29 is 10.0 Å². The molecule has 4 N–H and O–H groups in total. The lowest BCUT2D eigenvalue weighted by Gasteiger charge is -2.13. The van der Waals surface area contributed by atoms with Crippen LogP contribution in [0.25, 0.3) is 0 Å². The third kappa shape index (κ3) is 2.15. The summed E-state index contributed by atoms with van der Waals surface area (Å²) in [5.41, 5.74) is 4.75. The molecule has 7 nitrogen and oxygen atoms in total. The van der Waals surface area contributed by atoms with Crippen molar-refractivity contribution in [2.24, 2.45) is 23.4 Å². The molecule has 0 spiro atoms. The summed E-state index contributed by atoms with van der Waals surface area (Å²) in [6, 6.07) is 0. The highest BCUT2D eigenvalue weighted by Crippen LogP contribution is 2.45. The first-order valence-corrected chi connectivity index (χ1v) is 5.82. The summed E-state index contributed by atoms with van der Waals surface area (Å²) in [6.07, 6.45) is 5.50. The number of carbonyl (C=O) groups excluding carboxylic acids is 1. The predicted octanol–water partition coefficient (Wildman–Crippen LogP) is -0.395. The zero-order valence-electron chi connectivity index (χ0n) is 10.3. The van der Waals surface area contributed by atoms with Gasteiger partial charge in [-0.3, -0.25) is 4.79 Å². The molecule has 1 heterocycles. The van der Waals surface area contributed by atoms with Gasteiger partial charge in [-0.2, -0.15) is 0 Å². The number of hydrogen-bond acceptors (Lipinski definition) is 4. The van der Waals surface area contributed by atoms with Crippen LogP contribution in [0, 0.1) is 5.41 Å². The van der Waals surface area contributed by atoms with Crippen molar-refractivity contribution in [3.05, 3.63) is 18.2 Å². The second-order valence-corrected chi connectivity index (χ2v) is 4.53. The Labute approximate surface area is 105 Å². The lowest BCUT2D eigenvalue weighted by molar-refractivity contribution is -0.124. The maximum absolute atomic E-state index is 11.9. The van der Waals surface area contributed by atoms with Gasteiger partial charge in [0.25, 0.3) is 0 Å². The number of carbonyl (C=O) groups is 1. The van der Waals surface area contributed by atoms with Crippen LogP contribution in [0.5, 0.6) is 0 Å². The highest BCUT2D eigenvalue weighted by molar-refractivity contribution is 6.09. The lowest BCUT2D eigenvalue weighted by atomic mass is 10.1. The summed E-state index contributed by atoms with van der Waals surface area (Å²) in [5, 5.41) is 14.4. The van der Waals surface area contributed by atoms with Gasteiger partial charge in [-0.05, 0) is 12.8 Å². The molecule has 1 fully saturated rings. The van der Waals surface area contributed by atoms with Gasteiger partial charge in [-0.1, -0.05) is 5.16 Å². The van der Waals surface area contributed by atoms with Gasteiger partial charge in [-0.15, -0.1) is 0 Å². The number of oxime groups is 1. The maximum Gasteiger partial charge on any atom is 0.233 e. The predicted molar refractivity (Wildman–Crippen MR) is 65.0 cm³/mol. The van der Waals surface area contributed by atoms with E-state index in [1.165, 1.54) is 0 Å². The number of hydrogen-bond donors (Lipinski definition) is 3. The smallest absolute Gasteiger partial charge is 0.233 e. The van der Waals surface area contributed by atoms with Gasteiger partial charge >= 0.3 is 0 Å². The maximum atomic E-state index is 11.9. The minimum Gasteiger partial charge on any atom is -0.409 e. The normalized spacial score (nSPS) is 17.5. The summed E-state index contributed by atoms with van der Waals surface area (Å²) >= 11 is 0. The van der Waals surface area contributed by atoms with Crippen LogP contribution in [0.1, 0.15) is 18.7 Å². The fourth-order valence-corrected chi connectivity index (χ4v) is 1.91. The Kier molecular flexibility index (Phi) is 3.22. The molecule has 7 heteroatoms. The topological polar surface area (TPSA) is 106 Å². The molecule has 2 rings (SSSR count). The quantitative estimate of drug-likeness (QED) is 0.287. The molecule has 0 bridgehead atoms. The molecule has 1 aromatic heterocycles. The van der Waals surface area contributed by atoms with Crippen molar-refractivity contribution in [1.82, 2.24) is 14.9 Å². The summed E-state index contributed by atoms with van der Waals surface area (Å²) in [4.78, 5) is 16.1. The largest absolute Gasteiger partial charge is 0.409 e. The van der Waals surface area contributed by atoms with E-state index >= 15 is 0 Å². The Balaban J connectivity index is 1.85. The monoisotopic (exact) mass is 251 g/mol. The first-order valence-electron chi connectivity index (χ1n) is 5.82. The van der Waals surface area contributed by atoms with Gasteiger partial charge in [0.2, 0.25) is 5.91 Å². The Hall–Kier alpha value is -2.05. The summed E-state index contributed by atoms with van der Waals surface area (Å²) in [5.74, 6) is 0.730. The molecular weight excluding hydrogens is 234 g/mol. The average Bonchev–Trinajstić information content (AvgIpc) is 3.09. The van der Waals surface area contributed by atoms with E-state index < -0.39 is 5.41 Å². The third-order valence-electron chi connectivity index (χ3n) is 3.34. The fraction of sp³-hybridized carbons (Fsp3) is 0.545. The molecule has 1 saturated carbocycles. The number of amidine groups is 1. The number of nitrogens with one attached hydrogen (secondary N) is 1. The van der Waals surface area contributed by atoms with E-state index in [0.717, 1.165) is 5.82 Å². The van der Waals surface area contributed by atoms with Gasteiger partial charge in [0.05, 0.1) is 0 Å². The Bertz CT molecular complexity index is 476. The van der Waals surface area contributed by atoms with Crippen LogP contribution in [0.3, 0.4) is 0 Å². The molecule has 0 unspecified atom stereocenters. The van der Waals surface area contributed by atoms with E-state index in [4.69, 9.17) is 10.9 Å². The number of amides is 1. The number of imidazole rings is 1. The molecule has 0 atom stereocenters. The Morgan fingerprint density at radius 3 is 2.94 bits per heavy atom. The van der Waals surface area contributed by atoms with Crippen LogP contribution < -0.4 is 11.1 Å². The summed E-state index contributed by atoms with van der Waals surface area (Å²) in [7, 11) is 1.91. The number of nitrogens with zero attached hydrogens (tertiary/aromatic N) is 3. The Morgan fingerprint density at radius 2 is 2.44 bits per heavy atom. The highest BCUT2D eigenvalue weighted by Gasteiger charge is 2.54. The van der Waals surface area contributed by atoms with Crippen molar-refractivity contribution >= 4 is 11.7 Å². The summed E-state index contributed by atoms with van der Waals surface area (Å²) < 4.78 is 1.91. The highest BCUT2D eigenvalue weighted by atomic mass is 16.4. The van der Waals surface area contributed by atoms with Gasteiger partial charge in [0, 0.05) is 32.4 Å². The van der Waals surface area contributed by atoms with Gasteiger partial charge in [-0.25, -0.2) is 4.98 Å². The molecule has 0 radical (unpaired) electrons. The van der Waals surface area contributed by atoms with E-state index in [0.29, 0.717) is 25.8 Å². The molecule has 1 aliphatic carbocycles. The van der Waals surface area contributed by atoms with Crippen molar-refractivity contribution in [1.29, 1.82) is 0 Å². The second-order valence-electron chi connectivity index (χ2n) is 4.53. The first-order chi connectivity index (χ1) is 8.60. The van der Waals surface area contributed by atoms with Crippen LogP contribution in [-0.2, 0) is 18.3 Å². The number of aryl methyl sites for hydroxylation is 1. The average molecular weight is 251 g/mol. The zero-order valence-corrected chi connectivity index (χ0v) is 10.3. The van der Waals surface area contributed by atoms with Gasteiger partial charge in [0.15, 0.2) is 5.84 Å². The van der Waals surface area contributed by atoms with Crippen LogP contribution >= 0.6 is 0 Å². The van der Waals surface area contributed by atoms with Crippen molar-refractivity contribution in [2.75, 3.05) is 6.54 Å². The van der Waals surface area contributed by atoms with E-state index in [1.807, 2.05) is 17.8 Å². The third-order valence-corrected chi connectivity index (χ3v) is 3.34. The number of rotatable bonds is 5. The van der Waals surface area contributed by atoms with Crippen molar-refractivity contribution in [3.63, 3.8) is 0 Å². The van der Waals surface area contributed by atoms with E-state index in [1.54, 1.807) is 6.20 Å². The molecule has 1 aromatic rings. The molecule has 1 amide bonds. The standard InChI is InChI=1S/C11H17N5O2/c1-16-7-6-13-8(16)2-5-14-10(17)11(3-4-11)9(12)15-18/h6-7,18H,2-5H2,1H3,(H2,12,15)(H,14,17). The summed E-state index contributed by atoms with van der Waals surface area (Å²) in [6.45, 7) is 0.490. The van der Waals surface area contributed by atoms with Crippen LogP contribution in [-0.4, -0.2) is 33.0 Å². The zero-order chi connectivity index (χ0) is 13.2. The van der Waals surface area contributed by atoms with E-state index in [-0.39, 0.29) is 11.7 Å². The molecule has 18 heavy (non-hydrogen) atoms. The lowest BCUT2D eigenvalue weighted by Crippen LogP contribution is -2.41. The Morgan fingerprint density at radius 1 is 1.72 bits per heavy atom.